The van der Waals surface area contributed by atoms with Gasteiger partial charge in [0, 0.05) is 25.6 Å². The number of primary amides is 1. The molecule has 1 atom stereocenters. The van der Waals surface area contributed by atoms with Crippen molar-refractivity contribution in [2.75, 3.05) is 18.0 Å². The number of benzene rings is 1. The maximum atomic E-state index is 14.1. The van der Waals surface area contributed by atoms with Gasteiger partial charge in [-0.2, -0.15) is 0 Å². The number of rotatable bonds is 4. The van der Waals surface area contributed by atoms with Crippen LogP contribution in [0.4, 0.5) is 10.1 Å². The molecule has 0 radical (unpaired) electrons. The van der Waals surface area contributed by atoms with E-state index < -0.39 is 0 Å². The molecule has 5 heteroatoms. The van der Waals surface area contributed by atoms with Crippen molar-refractivity contribution in [1.29, 1.82) is 0 Å². The van der Waals surface area contributed by atoms with Crippen molar-refractivity contribution < 1.29 is 9.18 Å². The van der Waals surface area contributed by atoms with Gasteiger partial charge in [0.25, 0.3) is 0 Å². The van der Waals surface area contributed by atoms with Crippen LogP contribution in [0.25, 0.3) is 0 Å². The molecule has 4 nitrogen and oxygen atoms in total. The molecule has 0 aliphatic carbocycles. The van der Waals surface area contributed by atoms with Gasteiger partial charge >= 0.3 is 0 Å². The lowest BCUT2D eigenvalue weighted by molar-refractivity contribution is -0.119. The standard InChI is InChI=1S/C15H22FN3O/c1-10(17)12-3-2-4-13(16)15(12)19-7-5-11(6-8-19)9-14(18)20/h2-4,10-11H,5-9,17H2,1H3,(H2,18,20)/t10-/m0/s1. The second-order valence-electron chi connectivity index (χ2n) is 5.57. The van der Waals surface area contributed by atoms with Gasteiger partial charge in [0.2, 0.25) is 5.91 Å². The number of carbonyl (C=O) groups is 1. The molecule has 110 valence electrons. The topological polar surface area (TPSA) is 72.3 Å². The van der Waals surface area contributed by atoms with E-state index in [1.807, 2.05) is 17.9 Å². The molecular weight excluding hydrogens is 257 g/mol. The van der Waals surface area contributed by atoms with Crippen molar-refractivity contribution in [3.63, 3.8) is 0 Å². The Balaban J connectivity index is 2.12. The monoisotopic (exact) mass is 279 g/mol. The number of hydrogen-bond acceptors (Lipinski definition) is 3. The van der Waals surface area contributed by atoms with Crippen molar-refractivity contribution in [2.24, 2.45) is 17.4 Å². The van der Waals surface area contributed by atoms with E-state index in [9.17, 15) is 9.18 Å². The van der Waals surface area contributed by atoms with Gasteiger partial charge in [0.05, 0.1) is 5.69 Å². The van der Waals surface area contributed by atoms with E-state index in [1.54, 1.807) is 6.07 Å². The normalized spacial score (nSPS) is 18.1. The van der Waals surface area contributed by atoms with Gasteiger partial charge in [-0.3, -0.25) is 4.79 Å². The number of piperidine rings is 1. The second kappa shape index (κ2) is 6.22. The molecule has 20 heavy (non-hydrogen) atoms. The van der Waals surface area contributed by atoms with Crippen LogP contribution in [-0.2, 0) is 4.79 Å². The van der Waals surface area contributed by atoms with Crippen LogP contribution in [0.3, 0.4) is 0 Å². The third-order valence-electron chi connectivity index (χ3n) is 3.93. The fourth-order valence-electron chi connectivity index (χ4n) is 2.88. The molecule has 4 N–H and O–H groups in total. The Labute approximate surface area is 118 Å². The van der Waals surface area contributed by atoms with E-state index in [4.69, 9.17) is 11.5 Å². The maximum Gasteiger partial charge on any atom is 0.217 e. The number of para-hydroxylation sites is 1. The fraction of sp³-hybridized carbons (Fsp3) is 0.533. The minimum atomic E-state index is -0.259. The Hall–Kier alpha value is -1.62. The summed E-state index contributed by atoms with van der Waals surface area (Å²) in [6, 6.07) is 4.83. The highest BCUT2D eigenvalue weighted by Crippen LogP contribution is 2.32. The van der Waals surface area contributed by atoms with Crippen molar-refractivity contribution >= 4 is 11.6 Å². The van der Waals surface area contributed by atoms with Crippen LogP contribution in [0.15, 0.2) is 18.2 Å². The van der Waals surface area contributed by atoms with Crippen LogP contribution in [-0.4, -0.2) is 19.0 Å². The molecular formula is C15H22FN3O. The molecule has 2 rings (SSSR count). The van der Waals surface area contributed by atoms with Gasteiger partial charge in [-0.25, -0.2) is 4.39 Å². The Morgan fingerprint density at radius 2 is 2.10 bits per heavy atom. The lowest BCUT2D eigenvalue weighted by Crippen LogP contribution is -2.36. The van der Waals surface area contributed by atoms with Gasteiger partial charge in [0.15, 0.2) is 0 Å². The van der Waals surface area contributed by atoms with Crippen LogP contribution in [0.5, 0.6) is 0 Å². The first kappa shape index (κ1) is 14.8. The lowest BCUT2D eigenvalue weighted by Gasteiger charge is -2.35. The molecule has 0 spiro atoms. The fourth-order valence-corrected chi connectivity index (χ4v) is 2.88. The van der Waals surface area contributed by atoms with E-state index in [0.717, 1.165) is 31.5 Å². The number of amides is 1. The highest BCUT2D eigenvalue weighted by Gasteiger charge is 2.24. The van der Waals surface area contributed by atoms with Gasteiger partial charge in [-0.05, 0) is 37.3 Å². The van der Waals surface area contributed by atoms with Gasteiger partial charge in [-0.1, -0.05) is 12.1 Å². The number of hydrogen-bond donors (Lipinski definition) is 2. The smallest absolute Gasteiger partial charge is 0.217 e. The van der Waals surface area contributed by atoms with Gasteiger partial charge in [0.1, 0.15) is 5.82 Å². The Morgan fingerprint density at radius 3 is 2.65 bits per heavy atom. The Morgan fingerprint density at radius 1 is 1.45 bits per heavy atom. The molecule has 0 saturated carbocycles. The third kappa shape index (κ3) is 3.28. The zero-order valence-corrected chi connectivity index (χ0v) is 11.8. The zero-order chi connectivity index (χ0) is 14.7. The average molecular weight is 279 g/mol. The van der Waals surface area contributed by atoms with Gasteiger partial charge in [-0.15, -0.1) is 0 Å². The highest BCUT2D eigenvalue weighted by atomic mass is 19.1. The third-order valence-corrected chi connectivity index (χ3v) is 3.93. The van der Waals surface area contributed by atoms with E-state index in [2.05, 4.69) is 0 Å². The van der Waals surface area contributed by atoms with Gasteiger partial charge < -0.3 is 16.4 Å². The molecule has 1 fully saturated rings. The summed E-state index contributed by atoms with van der Waals surface area (Å²) in [7, 11) is 0. The molecule has 0 bridgehead atoms. The Bertz CT molecular complexity index is 482. The first-order valence-electron chi connectivity index (χ1n) is 7.06. The lowest BCUT2D eigenvalue weighted by atomic mass is 9.92. The molecule has 1 aromatic rings. The predicted molar refractivity (Wildman–Crippen MR) is 77.8 cm³/mol. The summed E-state index contributed by atoms with van der Waals surface area (Å²) in [5, 5.41) is 0. The van der Waals surface area contributed by atoms with Crippen LogP contribution in [0, 0.1) is 11.7 Å². The minimum Gasteiger partial charge on any atom is -0.370 e. The van der Waals surface area contributed by atoms with Crippen molar-refractivity contribution in [3.05, 3.63) is 29.6 Å². The summed E-state index contributed by atoms with van der Waals surface area (Å²) in [5.41, 5.74) is 12.6. The summed E-state index contributed by atoms with van der Waals surface area (Å²) in [4.78, 5) is 13.0. The number of nitrogens with zero attached hydrogens (tertiary/aromatic N) is 1. The first-order chi connectivity index (χ1) is 9.49. The SMILES string of the molecule is C[C@H](N)c1cccc(F)c1N1CCC(CC(N)=O)CC1. The predicted octanol–water partition coefficient (Wildman–Crippen LogP) is 1.94. The molecule has 1 aliphatic heterocycles. The number of nitrogens with two attached hydrogens (primary N) is 2. The van der Waals surface area contributed by atoms with E-state index in [1.165, 1.54) is 6.07 Å². The first-order valence-corrected chi connectivity index (χ1v) is 7.06. The van der Waals surface area contributed by atoms with Crippen molar-refractivity contribution in [3.8, 4) is 0 Å². The highest BCUT2D eigenvalue weighted by molar-refractivity contribution is 5.74. The molecule has 1 aliphatic rings. The van der Waals surface area contributed by atoms with Crippen LogP contribution < -0.4 is 16.4 Å². The van der Waals surface area contributed by atoms with Crippen LogP contribution in [0.1, 0.15) is 37.8 Å². The zero-order valence-electron chi connectivity index (χ0n) is 11.8. The quantitative estimate of drug-likeness (QED) is 0.884. The number of halogens is 1. The second-order valence-corrected chi connectivity index (χ2v) is 5.57. The summed E-state index contributed by atoms with van der Waals surface area (Å²) in [6.07, 6.45) is 2.14. The van der Waals surface area contributed by atoms with E-state index in [0.29, 0.717) is 18.0 Å². The van der Waals surface area contributed by atoms with Crippen LogP contribution >= 0.6 is 0 Å². The molecule has 1 saturated heterocycles. The summed E-state index contributed by atoms with van der Waals surface area (Å²) in [5.74, 6) is -0.173. The summed E-state index contributed by atoms with van der Waals surface area (Å²) in [6.45, 7) is 3.33. The molecule has 1 heterocycles. The Kier molecular flexibility index (Phi) is 4.60. The van der Waals surface area contributed by atoms with Crippen LogP contribution in [0.2, 0.25) is 0 Å². The molecule has 0 unspecified atom stereocenters. The van der Waals surface area contributed by atoms with E-state index in [-0.39, 0.29) is 17.8 Å². The summed E-state index contributed by atoms with van der Waals surface area (Å²) < 4.78 is 14.1. The summed E-state index contributed by atoms with van der Waals surface area (Å²) >= 11 is 0. The number of carbonyl (C=O) groups excluding carboxylic acids is 1. The minimum absolute atomic E-state index is 0.205. The number of anilines is 1. The average Bonchev–Trinajstić information content (AvgIpc) is 2.39. The van der Waals surface area contributed by atoms with Crippen molar-refractivity contribution in [2.45, 2.75) is 32.2 Å². The molecule has 1 aromatic carbocycles. The van der Waals surface area contributed by atoms with Crippen molar-refractivity contribution in [1.82, 2.24) is 0 Å². The molecule has 0 aromatic heterocycles. The largest absolute Gasteiger partial charge is 0.370 e. The maximum absolute atomic E-state index is 14.1. The molecule has 1 amide bonds. The van der Waals surface area contributed by atoms with E-state index >= 15 is 0 Å².